The van der Waals surface area contributed by atoms with Crippen LogP contribution in [0.5, 0.6) is 0 Å². The standard InChI is InChI=1S/C53H34F2O/c1-3-4-18-35-32(2)48(37-19-8-9-20-38(37)49(35)33-16-6-5-7-17-33)44-26-14-25-43-36-30-29-34(31-47(36)56-53(43)44)50-39-21-10-12-23-41(39)51(42-24-13-11-22-40(42)50)52-45(54)27-15-28-46(52)55/h3-31H,1H2,2H3/b18-4-. The molecule has 0 aliphatic heterocycles. The van der Waals surface area contributed by atoms with E-state index in [1.165, 1.54) is 23.8 Å². The minimum absolute atomic E-state index is 0.0190. The summed E-state index contributed by atoms with van der Waals surface area (Å²) in [6, 6.07) is 51.7. The number of benzene rings is 9. The first-order valence-electron chi connectivity index (χ1n) is 18.8. The van der Waals surface area contributed by atoms with Crippen LogP contribution in [-0.4, -0.2) is 0 Å². The van der Waals surface area contributed by atoms with E-state index in [9.17, 15) is 0 Å². The third-order valence-electron chi connectivity index (χ3n) is 11.2. The quantitative estimate of drug-likeness (QED) is 0.123. The molecule has 0 saturated carbocycles. The predicted octanol–water partition coefficient (Wildman–Crippen LogP) is 15.5. The number of hydrogen-bond acceptors (Lipinski definition) is 1. The zero-order chi connectivity index (χ0) is 37.9. The van der Waals surface area contributed by atoms with Gasteiger partial charge in [0, 0.05) is 21.9 Å². The molecule has 1 heterocycles. The van der Waals surface area contributed by atoms with Crippen molar-refractivity contribution in [1.29, 1.82) is 0 Å². The van der Waals surface area contributed by atoms with Crippen LogP contribution in [0, 0.1) is 18.6 Å². The minimum atomic E-state index is -0.589. The smallest absolute Gasteiger partial charge is 0.143 e. The number of para-hydroxylation sites is 1. The van der Waals surface area contributed by atoms with Crippen molar-refractivity contribution in [3.8, 4) is 44.5 Å². The molecule has 1 nitrogen and oxygen atoms in total. The summed E-state index contributed by atoms with van der Waals surface area (Å²) in [7, 11) is 0. The summed E-state index contributed by atoms with van der Waals surface area (Å²) in [4.78, 5) is 0. The van der Waals surface area contributed by atoms with E-state index >= 15 is 8.78 Å². The first-order valence-corrected chi connectivity index (χ1v) is 18.8. The molecule has 0 aliphatic carbocycles. The molecule has 56 heavy (non-hydrogen) atoms. The largest absolute Gasteiger partial charge is 0.455 e. The van der Waals surface area contributed by atoms with E-state index in [-0.39, 0.29) is 5.56 Å². The molecule has 0 spiro atoms. The van der Waals surface area contributed by atoms with Crippen molar-refractivity contribution in [2.24, 2.45) is 0 Å². The van der Waals surface area contributed by atoms with Gasteiger partial charge in [0.2, 0.25) is 0 Å². The summed E-state index contributed by atoms with van der Waals surface area (Å²) in [5, 5.41) is 7.72. The molecule has 0 aliphatic rings. The van der Waals surface area contributed by atoms with E-state index in [4.69, 9.17) is 4.42 Å². The Bertz CT molecular complexity index is 3160. The van der Waals surface area contributed by atoms with Crippen LogP contribution in [-0.2, 0) is 0 Å². The van der Waals surface area contributed by atoms with Gasteiger partial charge in [-0.15, -0.1) is 0 Å². The zero-order valence-corrected chi connectivity index (χ0v) is 30.6. The molecule has 0 saturated heterocycles. The van der Waals surface area contributed by atoms with Crippen LogP contribution in [0.4, 0.5) is 8.78 Å². The lowest BCUT2D eigenvalue weighted by Crippen LogP contribution is -1.96. The lowest BCUT2D eigenvalue weighted by molar-refractivity contribution is 0.590. The maximum absolute atomic E-state index is 15.5. The summed E-state index contributed by atoms with van der Waals surface area (Å²) in [6.07, 6.45) is 5.98. The van der Waals surface area contributed by atoms with Crippen molar-refractivity contribution < 1.29 is 13.2 Å². The first-order chi connectivity index (χ1) is 27.5. The summed E-state index contributed by atoms with van der Waals surface area (Å²) in [6.45, 7) is 6.17. The maximum atomic E-state index is 15.5. The average molecular weight is 725 g/mol. The number of furan rings is 1. The third-order valence-corrected chi connectivity index (χ3v) is 11.2. The van der Waals surface area contributed by atoms with Gasteiger partial charge >= 0.3 is 0 Å². The van der Waals surface area contributed by atoms with E-state index < -0.39 is 11.6 Å². The molecule has 0 unspecified atom stereocenters. The number of halogens is 2. The van der Waals surface area contributed by atoms with E-state index in [2.05, 4.69) is 105 Å². The molecule has 10 aromatic rings. The van der Waals surface area contributed by atoms with Crippen molar-refractivity contribution in [2.75, 3.05) is 0 Å². The minimum Gasteiger partial charge on any atom is -0.455 e. The van der Waals surface area contributed by atoms with Crippen LogP contribution in [0.1, 0.15) is 11.1 Å². The molecule has 1 aromatic heterocycles. The molecule has 0 fully saturated rings. The van der Waals surface area contributed by atoms with Crippen LogP contribution in [0.25, 0.3) is 105 Å². The van der Waals surface area contributed by atoms with Gasteiger partial charge < -0.3 is 4.42 Å². The molecule has 0 bridgehead atoms. The molecule has 0 N–H and O–H groups in total. The summed E-state index contributed by atoms with van der Waals surface area (Å²) >= 11 is 0. The Kier molecular flexibility index (Phi) is 7.97. The molecule has 0 atom stereocenters. The van der Waals surface area contributed by atoms with E-state index in [0.717, 1.165) is 93.2 Å². The van der Waals surface area contributed by atoms with Gasteiger partial charge in [-0.1, -0.05) is 158 Å². The lowest BCUT2D eigenvalue weighted by atomic mass is 9.83. The van der Waals surface area contributed by atoms with Crippen LogP contribution in [0.2, 0.25) is 0 Å². The van der Waals surface area contributed by atoms with E-state index in [1.54, 1.807) is 0 Å². The van der Waals surface area contributed by atoms with Crippen molar-refractivity contribution in [2.45, 2.75) is 6.92 Å². The second-order valence-electron chi connectivity index (χ2n) is 14.2. The van der Waals surface area contributed by atoms with Crippen molar-refractivity contribution >= 4 is 60.3 Å². The molecule has 10 rings (SSSR count). The summed E-state index contributed by atoms with van der Waals surface area (Å²) in [5.74, 6) is -1.18. The van der Waals surface area contributed by atoms with Gasteiger partial charge in [-0.3, -0.25) is 0 Å². The molecular formula is C53H34F2O. The van der Waals surface area contributed by atoms with Crippen molar-refractivity contribution in [3.05, 3.63) is 199 Å². The van der Waals surface area contributed by atoms with Gasteiger partial charge in [-0.05, 0) is 102 Å². The predicted molar refractivity (Wildman–Crippen MR) is 232 cm³/mol. The number of rotatable bonds is 6. The normalized spacial score (nSPS) is 11.8. The highest BCUT2D eigenvalue weighted by molar-refractivity contribution is 6.22. The first kappa shape index (κ1) is 33.5. The van der Waals surface area contributed by atoms with Gasteiger partial charge in [0.1, 0.15) is 22.8 Å². The zero-order valence-electron chi connectivity index (χ0n) is 30.6. The third kappa shape index (κ3) is 5.12. The second kappa shape index (κ2) is 13.3. The van der Waals surface area contributed by atoms with E-state index in [1.807, 2.05) is 66.7 Å². The second-order valence-corrected chi connectivity index (χ2v) is 14.2. The van der Waals surface area contributed by atoms with Gasteiger partial charge in [-0.2, -0.15) is 0 Å². The van der Waals surface area contributed by atoms with Gasteiger partial charge in [0.15, 0.2) is 0 Å². The van der Waals surface area contributed by atoms with Crippen LogP contribution >= 0.6 is 0 Å². The number of hydrogen-bond donors (Lipinski definition) is 0. The Morgan fingerprint density at radius 2 is 1.00 bits per heavy atom. The molecular weight excluding hydrogens is 691 g/mol. The highest BCUT2D eigenvalue weighted by Crippen LogP contribution is 2.48. The Morgan fingerprint density at radius 1 is 0.464 bits per heavy atom. The van der Waals surface area contributed by atoms with Crippen LogP contribution in [0.15, 0.2) is 181 Å². The van der Waals surface area contributed by atoms with Crippen molar-refractivity contribution in [1.82, 2.24) is 0 Å². The van der Waals surface area contributed by atoms with Crippen LogP contribution in [0.3, 0.4) is 0 Å². The fraction of sp³-hybridized carbons (Fsp3) is 0.0189. The molecule has 9 aromatic carbocycles. The topological polar surface area (TPSA) is 13.1 Å². The SMILES string of the molecule is C=C/C=C\c1c(C)c(-c2cccc3c2oc2cc(-c4c5ccccc5c(-c5c(F)cccc5F)c5ccccc45)ccc23)c2ccccc2c1-c1ccccc1. The fourth-order valence-corrected chi connectivity index (χ4v) is 8.82. The molecule has 3 heteroatoms. The van der Waals surface area contributed by atoms with Crippen molar-refractivity contribution in [3.63, 3.8) is 0 Å². The highest BCUT2D eigenvalue weighted by atomic mass is 19.1. The molecule has 266 valence electrons. The number of fused-ring (bicyclic) bond motifs is 6. The van der Waals surface area contributed by atoms with Gasteiger partial charge in [0.25, 0.3) is 0 Å². The number of allylic oxidation sites excluding steroid dienone is 2. The van der Waals surface area contributed by atoms with Gasteiger partial charge in [-0.25, -0.2) is 8.78 Å². The summed E-state index contributed by atoms with van der Waals surface area (Å²) < 4.78 is 37.9. The Morgan fingerprint density at radius 3 is 1.62 bits per heavy atom. The Labute approximate surface area is 323 Å². The monoisotopic (exact) mass is 724 g/mol. The summed E-state index contributed by atoms with van der Waals surface area (Å²) in [5.41, 5.74) is 10.8. The lowest BCUT2D eigenvalue weighted by Gasteiger charge is -2.20. The average Bonchev–Trinajstić information content (AvgIpc) is 3.61. The molecule has 0 amide bonds. The Hall–Kier alpha value is -7.10. The van der Waals surface area contributed by atoms with Gasteiger partial charge in [0.05, 0.1) is 5.56 Å². The fourth-order valence-electron chi connectivity index (χ4n) is 8.82. The van der Waals surface area contributed by atoms with Crippen LogP contribution < -0.4 is 0 Å². The molecule has 0 radical (unpaired) electrons. The van der Waals surface area contributed by atoms with E-state index in [0.29, 0.717) is 5.56 Å². The Balaban J connectivity index is 1.23. The maximum Gasteiger partial charge on any atom is 0.143 e. The highest BCUT2D eigenvalue weighted by Gasteiger charge is 2.24.